The minimum absolute atomic E-state index is 0.0273. The molecule has 96 valence electrons. The summed E-state index contributed by atoms with van der Waals surface area (Å²) in [5, 5.41) is 1.25. The highest BCUT2D eigenvalue weighted by atomic mass is 16.5. The Morgan fingerprint density at radius 2 is 1.89 bits per heavy atom. The number of anilines is 1. The molecule has 0 fully saturated rings. The first kappa shape index (κ1) is 11.6. The molecule has 0 spiro atoms. The summed E-state index contributed by atoms with van der Waals surface area (Å²) in [6.07, 6.45) is 0. The largest absolute Gasteiger partial charge is 0.496 e. The molecule has 3 aromatic rings. The van der Waals surface area contributed by atoms with E-state index >= 15 is 0 Å². The van der Waals surface area contributed by atoms with Crippen LogP contribution in [0.3, 0.4) is 0 Å². The molecule has 0 atom stereocenters. The number of nitrogens with two attached hydrogens (primary N) is 1. The van der Waals surface area contributed by atoms with Gasteiger partial charge in [-0.15, -0.1) is 0 Å². The van der Waals surface area contributed by atoms with Gasteiger partial charge < -0.3 is 15.0 Å². The van der Waals surface area contributed by atoms with Crippen LogP contribution in [0.1, 0.15) is 0 Å². The van der Waals surface area contributed by atoms with Crippen molar-refractivity contribution in [2.75, 3.05) is 12.8 Å². The fourth-order valence-corrected chi connectivity index (χ4v) is 2.50. The zero-order valence-electron chi connectivity index (χ0n) is 10.8. The zero-order valence-corrected chi connectivity index (χ0v) is 10.8. The lowest BCUT2D eigenvalue weighted by atomic mass is 10.1. The molecule has 2 aromatic carbocycles. The van der Waals surface area contributed by atoms with Crippen LogP contribution in [-0.4, -0.2) is 11.7 Å². The molecule has 0 saturated carbocycles. The number of rotatable bonds is 1. The highest BCUT2D eigenvalue weighted by Gasteiger charge is 2.13. The van der Waals surface area contributed by atoms with Crippen molar-refractivity contribution in [1.82, 2.24) is 4.57 Å². The third-order valence-corrected chi connectivity index (χ3v) is 3.42. The Hall–Kier alpha value is -2.49. The maximum atomic E-state index is 12.6. The first-order valence-corrected chi connectivity index (χ1v) is 5.98. The van der Waals surface area contributed by atoms with Crippen molar-refractivity contribution in [1.29, 1.82) is 0 Å². The maximum absolute atomic E-state index is 12.6. The number of nitrogens with zero attached hydrogens (tertiary/aromatic N) is 1. The lowest BCUT2D eigenvalue weighted by molar-refractivity contribution is 0.419. The topological polar surface area (TPSA) is 57.2 Å². The molecule has 0 unspecified atom stereocenters. The van der Waals surface area contributed by atoms with Crippen molar-refractivity contribution in [3.8, 4) is 5.75 Å². The minimum Gasteiger partial charge on any atom is -0.496 e. The molecule has 1 heterocycles. The van der Waals surface area contributed by atoms with Gasteiger partial charge in [0.2, 0.25) is 5.43 Å². The molecule has 0 aliphatic heterocycles. The van der Waals surface area contributed by atoms with Crippen LogP contribution in [0.25, 0.3) is 21.8 Å². The number of aromatic nitrogens is 1. The van der Waals surface area contributed by atoms with Crippen LogP contribution in [0.4, 0.5) is 5.69 Å². The van der Waals surface area contributed by atoms with Crippen molar-refractivity contribution in [3.63, 3.8) is 0 Å². The van der Waals surface area contributed by atoms with Crippen LogP contribution < -0.4 is 15.9 Å². The molecule has 0 aliphatic carbocycles. The van der Waals surface area contributed by atoms with Gasteiger partial charge in [-0.05, 0) is 18.2 Å². The second-order valence-corrected chi connectivity index (χ2v) is 4.52. The van der Waals surface area contributed by atoms with Gasteiger partial charge in [-0.1, -0.05) is 12.1 Å². The molecule has 4 heteroatoms. The van der Waals surface area contributed by atoms with E-state index in [9.17, 15) is 4.79 Å². The van der Waals surface area contributed by atoms with Crippen LogP contribution in [0, 0.1) is 0 Å². The zero-order chi connectivity index (χ0) is 13.6. The van der Waals surface area contributed by atoms with E-state index in [1.54, 1.807) is 19.2 Å². The van der Waals surface area contributed by atoms with Gasteiger partial charge >= 0.3 is 0 Å². The van der Waals surface area contributed by atoms with Gasteiger partial charge in [0.15, 0.2) is 0 Å². The van der Waals surface area contributed by atoms with Gasteiger partial charge in [-0.2, -0.15) is 0 Å². The molecule has 0 aliphatic rings. The van der Waals surface area contributed by atoms with E-state index in [0.29, 0.717) is 22.2 Å². The number of nitrogen functional groups attached to an aromatic ring is 1. The number of hydrogen-bond donors (Lipinski definition) is 1. The first-order valence-electron chi connectivity index (χ1n) is 5.98. The van der Waals surface area contributed by atoms with Crippen molar-refractivity contribution >= 4 is 27.5 Å². The first-order chi connectivity index (χ1) is 9.13. The standard InChI is InChI=1S/C15H14N2O2/c1-17-11-6-4-3-5-10(11)15(18)14-12(17)7-9(16)8-13(14)19-2/h3-8H,16H2,1-2H3. The Morgan fingerprint density at radius 3 is 2.63 bits per heavy atom. The van der Waals surface area contributed by atoms with Crippen LogP contribution in [-0.2, 0) is 7.05 Å². The predicted molar refractivity (Wildman–Crippen MR) is 77.7 cm³/mol. The van der Waals surface area contributed by atoms with Gasteiger partial charge in [-0.25, -0.2) is 0 Å². The lowest BCUT2D eigenvalue weighted by Crippen LogP contribution is -2.10. The Balaban J connectivity index is 2.68. The molecule has 2 N–H and O–H groups in total. The number of ether oxygens (including phenoxy) is 1. The van der Waals surface area contributed by atoms with Crippen LogP contribution in [0.2, 0.25) is 0 Å². The summed E-state index contributed by atoms with van der Waals surface area (Å²) in [5.74, 6) is 0.515. The molecular formula is C15H14N2O2. The quantitative estimate of drug-likeness (QED) is 0.535. The average molecular weight is 254 g/mol. The Kier molecular flexibility index (Phi) is 2.45. The summed E-state index contributed by atoms with van der Waals surface area (Å²) in [5.41, 5.74) is 8.08. The van der Waals surface area contributed by atoms with Crippen LogP contribution in [0.5, 0.6) is 5.75 Å². The third-order valence-electron chi connectivity index (χ3n) is 3.42. The van der Waals surface area contributed by atoms with Crippen LogP contribution >= 0.6 is 0 Å². The van der Waals surface area contributed by atoms with Crippen LogP contribution in [0.15, 0.2) is 41.2 Å². The van der Waals surface area contributed by atoms with Crippen molar-refractivity contribution < 1.29 is 4.74 Å². The summed E-state index contributed by atoms with van der Waals surface area (Å²) >= 11 is 0. The molecule has 0 bridgehead atoms. The molecule has 0 amide bonds. The van der Waals surface area contributed by atoms with Gasteiger partial charge in [0.1, 0.15) is 5.75 Å². The van der Waals surface area contributed by atoms with Gasteiger partial charge in [-0.3, -0.25) is 4.79 Å². The maximum Gasteiger partial charge on any atom is 0.200 e. The SMILES string of the molecule is COc1cc(N)cc2c1c(=O)c1ccccc1n2C. The third kappa shape index (κ3) is 1.57. The molecule has 0 saturated heterocycles. The molecule has 19 heavy (non-hydrogen) atoms. The highest BCUT2D eigenvalue weighted by Crippen LogP contribution is 2.28. The summed E-state index contributed by atoms with van der Waals surface area (Å²) in [6.45, 7) is 0. The van der Waals surface area contributed by atoms with E-state index in [1.165, 1.54) is 0 Å². The van der Waals surface area contributed by atoms with E-state index in [4.69, 9.17) is 10.5 Å². The minimum atomic E-state index is -0.0273. The summed E-state index contributed by atoms with van der Waals surface area (Å²) in [4.78, 5) is 12.6. The van der Waals surface area contributed by atoms with Gasteiger partial charge in [0.25, 0.3) is 0 Å². The van der Waals surface area contributed by atoms with E-state index < -0.39 is 0 Å². The number of para-hydroxylation sites is 1. The molecule has 3 rings (SSSR count). The van der Waals surface area contributed by atoms with E-state index in [1.807, 2.05) is 35.9 Å². The fraction of sp³-hybridized carbons (Fsp3) is 0.133. The number of methoxy groups -OCH3 is 1. The smallest absolute Gasteiger partial charge is 0.200 e. The normalized spacial score (nSPS) is 11.1. The van der Waals surface area contributed by atoms with E-state index in [2.05, 4.69) is 0 Å². The lowest BCUT2D eigenvalue weighted by Gasteiger charge is -2.13. The number of pyridine rings is 1. The fourth-order valence-electron chi connectivity index (χ4n) is 2.50. The molecule has 1 aromatic heterocycles. The second-order valence-electron chi connectivity index (χ2n) is 4.52. The van der Waals surface area contributed by atoms with Gasteiger partial charge in [0.05, 0.1) is 23.5 Å². The Labute approximate surface area is 110 Å². The number of aryl methyl sites for hydroxylation is 1. The highest BCUT2D eigenvalue weighted by molar-refractivity contribution is 5.97. The number of benzene rings is 2. The van der Waals surface area contributed by atoms with Crippen molar-refractivity contribution in [2.45, 2.75) is 0 Å². The molecular weight excluding hydrogens is 240 g/mol. The Morgan fingerprint density at radius 1 is 1.16 bits per heavy atom. The molecule has 4 nitrogen and oxygen atoms in total. The van der Waals surface area contributed by atoms with Crippen molar-refractivity contribution in [2.24, 2.45) is 7.05 Å². The number of hydrogen-bond acceptors (Lipinski definition) is 3. The number of fused-ring (bicyclic) bond motifs is 2. The van der Waals surface area contributed by atoms with E-state index in [0.717, 1.165) is 11.0 Å². The van der Waals surface area contributed by atoms with Gasteiger partial charge in [0, 0.05) is 24.2 Å². The summed E-state index contributed by atoms with van der Waals surface area (Å²) < 4.78 is 7.26. The monoisotopic (exact) mass is 254 g/mol. The van der Waals surface area contributed by atoms with E-state index in [-0.39, 0.29) is 5.43 Å². The predicted octanol–water partition coefficient (Wildman–Crippen LogP) is 2.28. The second kappa shape index (κ2) is 4.02. The van der Waals surface area contributed by atoms with Crippen molar-refractivity contribution in [3.05, 3.63) is 46.6 Å². The summed E-state index contributed by atoms with van der Waals surface area (Å²) in [7, 11) is 3.46. The Bertz CT molecular complexity index is 850. The molecule has 0 radical (unpaired) electrons. The average Bonchev–Trinajstić information content (AvgIpc) is 2.43. The summed E-state index contributed by atoms with van der Waals surface area (Å²) in [6, 6.07) is 11.0.